The molecule has 0 spiro atoms. The van der Waals surface area contributed by atoms with Gasteiger partial charge in [0, 0.05) is 29.2 Å². The van der Waals surface area contributed by atoms with Gasteiger partial charge in [-0.1, -0.05) is 46.8 Å². The van der Waals surface area contributed by atoms with Gasteiger partial charge in [-0.3, -0.25) is 9.59 Å². The molecule has 2 atom stereocenters. The van der Waals surface area contributed by atoms with E-state index in [9.17, 15) is 18.4 Å². The molecular formula is C30H43F2NO3. The van der Waals surface area contributed by atoms with Crippen LogP contribution in [0.1, 0.15) is 67.7 Å². The van der Waals surface area contributed by atoms with Crippen molar-refractivity contribution in [1.82, 2.24) is 5.32 Å². The largest absolute Gasteiger partial charge is 0.378 e. The summed E-state index contributed by atoms with van der Waals surface area (Å²) in [6, 6.07) is 0. The molecule has 0 fully saturated rings. The van der Waals surface area contributed by atoms with Gasteiger partial charge in [-0.25, -0.2) is 0 Å². The maximum absolute atomic E-state index is 14.2. The Bertz CT molecular complexity index is 932. The molecule has 36 heavy (non-hydrogen) atoms. The molecule has 2 unspecified atom stereocenters. The van der Waals surface area contributed by atoms with Crippen molar-refractivity contribution in [3.05, 3.63) is 59.4 Å². The Morgan fingerprint density at radius 1 is 1.17 bits per heavy atom. The zero-order valence-electron chi connectivity index (χ0n) is 23.0. The third-order valence-corrected chi connectivity index (χ3v) is 5.90. The molecule has 0 aliphatic rings. The monoisotopic (exact) mass is 503 g/mol. The Hall–Kier alpha value is -2.78. The highest BCUT2D eigenvalue weighted by Gasteiger charge is 2.30. The fourth-order valence-electron chi connectivity index (χ4n) is 3.59. The first-order chi connectivity index (χ1) is 16.7. The molecule has 0 heterocycles. The fourth-order valence-corrected chi connectivity index (χ4v) is 3.59. The summed E-state index contributed by atoms with van der Waals surface area (Å²) in [4.78, 5) is 25.1. The molecule has 0 aliphatic carbocycles. The lowest BCUT2D eigenvalue weighted by molar-refractivity contribution is -0.120. The van der Waals surface area contributed by atoms with Gasteiger partial charge in [0.2, 0.25) is 0 Å². The number of ketones is 2. The standard InChI is InChI=1S/C30H43F2NO3/c1-11-21(6)28(30(31,32)13-3)15-14-26(12-2)33-17-16-22(7)29(35)24(9)27(25(10)34)19-36-23(8)18-20(4)5/h2,13-15,20,22-23,33H,3,6,11,16-19H2,1,4-5,7-10H3/b26-14+,27-24-,28-15+. The number of carbonyl (C=O) groups is 2. The minimum Gasteiger partial charge on any atom is -0.378 e. The van der Waals surface area contributed by atoms with Gasteiger partial charge in [0.25, 0.3) is 5.92 Å². The van der Waals surface area contributed by atoms with E-state index in [0.29, 0.717) is 48.2 Å². The van der Waals surface area contributed by atoms with Crippen LogP contribution in [0.4, 0.5) is 8.78 Å². The molecule has 0 amide bonds. The molecule has 0 bridgehead atoms. The molecule has 0 rings (SSSR count). The van der Waals surface area contributed by atoms with Gasteiger partial charge < -0.3 is 10.1 Å². The Morgan fingerprint density at radius 2 is 1.78 bits per heavy atom. The topological polar surface area (TPSA) is 55.4 Å². The molecule has 0 aliphatic heterocycles. The van der Waals surface area contributed by atoms with E-state index in [1.54, 1.807) is 20.8 Å². The number of allylic oxidation sites excluding steroid dienone is 7. The van der Waals surface area contributed by atoms with Crippen LogP contribution in [0.15, 0.2) is 59.4 Å². The van der Waals surface area contributed by atoms with Crippen molar-refractivity contribution in [2.24, 2.45) is 11.8 Å². The van der Waals surface area contributed by atoms with Crippen LogP contribution in [0.25, 0.3) is 0 Å². The first-order valence-corrected chi connectivity index (χ1v) is 12.4. The number of hydrogen-bond donors (Lipinski definition) is 1. The SMILES string of the molecule is C#C/C(=C\C=C(/C(=C)CC)C(F)(F)C=C)NCCC(C)C(=O)/C(C)=C(/COC(C)CC(C)C)C(C)=O. The van der Waals surface area contributed by atoms with Gasteiger partial charge in [-0.05, 0) is 69.8 Å². The molecule has 0 aromatic rings. The maximum atomic E-state index is 14.2. The Balaban J connectivity index is 5.35. The van der Waals surface area contributed by atoms with Crippen molar-refractivity contribution < 1.29 is 23.1 Å². The van der Waals surface area contributed by atoms with Crippen LogP contribution in [-0.2, 0) is 14.3 Å². The van der Waals surface area contributed by atoms with Crippen LogP contribution in [-0.4, -0.2) is 36.7 Å². The molecule has 0 aromatic carbocycles. The van der Waals surface area contributed by atoms with E-state index in [-0.39, 0.29) is 41.3 Å². The summed E-state index contributed by atoms with van der Waals surface area (Å²) in [6.45, 7) is 20.1. The van der Waals surface area contributed by atoms with E-state index >= 15 is 0 Å². The molecule has 0 radical (unpaired) electrons. The number of ether oxygens (including phenoxy) is 1. The van der Waals surface area contributed by atoms with Gasteiger partial charge in [0.15, 0.2) is 11.6 Å². The number of alkyl halides is 2. The number of Topliss-reactive ketones (excluding diaryl/α,β-unsaturated/α-hetero) is 2. The van der Waals surface area contributed by atoms with Crippen LogP contribution in [0.2, 0.25) is 0 Å². The summed E-state index contributed by atoms with van der Waals surface area (Å²) in [5.74, 6) is -1.03. The van der Waals surface area contributed by atoms with Crippen molar-refractivity contribution in [3.63, 3.8) is 0 Å². The fraction of sp³-hybridized carbons (Fsp3) is 0.533. The van der Waals surface area contributed by atoms with E-state index in [1.165, 1.54) is 19.1 Å². The lowest BCUT2D eigenvalue weighted by Gasteiger charge is -2.18. The van der Waals surface area contributed by atoms with E-state index in [4.69, 9.17) is 11.2 Å². The summed E-state index contributed by atoms with van der Waals surface area (Å²) in [5.41, 5.74) is 1.13. The van der Waals surface area contributed by atoms with Crippen molar-refractivity contribution >= 4 is 11.6 Å². The van der Waals surface area contributed by atoms with Crippen molar-refractivity contribution in [3.8, 4) is 12.3 Å². The quantitative estimate of drug-likeness (QED) is 0.103. The first-order valence-electron chi connectivity index (χ1n) is 12.4. The van der Waals surface area contributed by atoms with Crippen molar-refractivity contribution in [2.45, 2.75) is 79.8 Å². The number of nitrogens with one attached hydrogen (secondary N) is 1. The van der Waals surface area contributed by atoms with Gasteiger partial charge in [-0.15, -0.1) is 6.42 Å². The predicted molar refractivity (Wildman–Crippen MR) is 145 cm³/mol. The molecule has 0 saturated heterocycles. The second-order valence-corrected chi connectivity index (χ2v) is 9.48. The van der Waals surface area contributed by atoms with Crippen LogP contribution in [0, 0.1) is 24.2 Å². The van der Waals surface area contributed by atoms with E-state index in [1.807, 2.05) is 6.92 Å². The second-order valence-electron chi connectivity index (χ2n) is 9.48. The van der Waals surface area contributed by atoms with Crippen LogP contribution < -0.4 is 5.32 Å². The summed E-state index contributed by atoms with van der Waals surface area (Å²) in [6.07, 6.45) is 10.4. The highest BCUT2D eigenvalue weighted by molar-refractivity contribution is 6.06. The Labute approximate surface area is 216 Å². The Morgan fingerprint density at radius 3 is 2.25 bits per heavy atom. The number of terminal acetylenes is 1. The van der Waals surface area contributed by atoms with Gasteiger partial charge in [0.05, 0.1) is 18.4 Å². The van der Waals surface area contributed by atoms with Gasteiger partial charge in [0.1, 0.15) is 0 Å². The average Bonchev–Trinajstić information content (AvgIpc) is 2.81. The van der Waals surface area contributed by atoms with E-state index in [2.05, 4.69) is 38.2 Å². The summed E-state index contributed by atoms with van der Waals surface area (Å²) < 4.78 is 34.2. The highest BCUT2D eigenvalue weighted by atomic mass is 19.3. The van der Waals surface area contributed by atoms with Crippen LogP contribution >= 0.6 is 0 Å². The summed E-state index contributed by atoms with van der Waals surface area (Å²) >= 11 is 0. The first kappa shape index (κ1) is 33.2. The average molecular weight is 504 g/mol. The highest BCUT2D eigenvalue weighted by Crippen LogP contribution is 2.31. The van der Waals surface area contributed by atoms with Crippen molar-refractivity contribution in [1.29, 1.82) is 0 Å². The minimum atomic E-state index is -3.22. The molecule has 200 valence electrons. The zero-order chi connectivity index (χ0) is 28.1. The predicted octanol–water partition coefficient (Wildman–Crippen LogP) is 6.76. The van der Waals surface area contributed by atoms with Gasteiger partial charge in [-0.2, -0.15) is 8.78 Å². The maximum Gasteiger partial charge on any atom is 0.291 e. The number of rotatable bonds is 17. The number of carbonyl (C=O) groups excluding carboxylic acids is 2. The zero-order valence-corrected chi connectivity index (χ0v) is 23.0. The number of halogens is 2. The normalized spacial score (nSPS) is 15.0. The summed E-state index contributed by atoms with van der Waals surface area (Å²) in [5, 5.41) is 3.01. The Kier molecular flexibility index (Phi) is 14.8. The molecule has 6 heteroatoms. The molecule has 0 saturated carbocycles. The molecular weight excluding hydrogens is 460 g/mol. The number of hydrogen-bond acceptors (Lipinski definition) is 4. The smallest absolute Gasteiger partial charge is 0.291 e. The molecule has 0 aromatic heterocycles. The lowest BCUT2D eigenvalue weighted by atomic mass is 9.93. The van der Waals surface area contributed by atoms with Crippen LogP contribution in [0.5, 0.6) is 0 Å². The third-order valence-electron chi connectivity index (χ3n) is 5.90. The second kappa shape index (κ2) is 16.1. The molecule has 4 nitrogen and oxygen atoms in total. The van der Waals surface area contributed by atoms with Crippen LogP contribution in [0.3, 0.4) is 0 Å². The summed E-state index contributed by atoms with van der Waals surface area (Å²) in [7, 11) is 0. The minimum absolute atomic E-state index is 0.0201. The van der Waals surface area contributed by atoms with Gasteiger partial charge >= 0.3 is 0 Å². The molecule has 1 N–H and O–H groups in total. The van der Waals surface area contributed by atoms with Crippen molar-refractivity contribution in [2.75, 3.05) is 13.2 Å². The van der Waals surface area contributed by atoms with E-state index < -0.39 is 5.92 Å². The lowest BCUT2D eigenvalue weighted by Crippen LogP contribution is -2.23. The van der Waals surface area contributed by atoms with E-state index in [0.717, 1.165) is 6.42 Å². The third kappa shape index (κ3) is 11.3.